The minimum Gasteiger partial charge on any atom is -0.306 e. The Balaban J connectivity index is 2.38. The molecule has 0 aliphatic carbocycles. The van der Waals surface area contributed by atoms with Crippen molar-refractivity contribution in [2.45, 2.75) is 33.2 Å². The minimum atomic E-state index is 0.220. The first kappa shape index (κ1) is 16.0. The molecule has 1 unspecified atom stereocenters. The third-order valence-electron chi connectivity index (χ3n) is 3.27. The van der Waals surface area contributed by atoms with Gasteiger partial charge in [-0.25, -0.2) is 0 Å². The third kappa shape index (κ3) is 3.64. The van der Waals surface area contributed by atoms with Gasteiger partial charge in [-0.15, -0.1) is 11.3 Å². The van der Waals surface area contributed by atoms with Gasteiger partial charge in [-0.05, 0) is 55.6 Å². The van der Waals surface area contributed by atoms with E-state index in [1.165, 1.54) is 16.0 Å². The molecule has 4 heteroatoms. The summed E-state index contributed by atoms with van der Waals surface area (Å²) in [5.41, 5.74) is 3.70. The summed E-state index contributed by atoms with van der Waals surface area (Å²) in [4.78, 5) is 1.28. The second kappa shape index (κ2) is 7.08. The fraction of sp³-hybridized carbons (Fsp3) is 0.375. The van der Waals surface area contributed by atoms with Gasteiger partial charge < -0.3 is 5.32 Å². The van der Waals surface area contributed by atoms with E-state index in [1.54, 1.807) is 11.3 Å². The maximum atomic E-state index is 6.23. The number of halogens is 2. The number of rotatable bonds is 5. The zero-order valence-electron chi connectivity index (χ0n) is 12.0. The Bertz CT molecular complexity index is 575. The molecule has 1 atom stereocenters. The van der Waals surface area contributed by atoms with Gasteiger partial charge >= 0.3 is 0 Å². The minimum absolute atomic E-state index is 0.220. The fourth-order valence-electron chi connectivity index (χ4n) is 2.14. The Kier molecular flexibility index (Phi) is 5.67. The number of hydrogen-bond donors (Lipinski definition) is 1. The van der Waals surface area contributed by atoms with Crippen LogP contribution in [-0.2, 0) is 0 Å². The highest BCUT2D eigenvalue weighted by atomic mass is 79.9. The largest absolute Gasteiger partial charge is 0.306 e. The highest BCUT2D eigenvalue weighted by molar-refractivity contribution is 9.10. The van der Waals surface area contributed by atoms with E-state index < -0.39 is 0 Å². The molecule has 0 saturated carbocycles. The van der Waals surface area contributed by atoms with Crippen molar-refractivity contribution in [2.24, 2.45) is 0 Å². The monoisotopic (exact) mass is 371 g/mol. The summed E-state index contributed by atoms with van der Waals surface area (Å²) in [6, 6.07) is 8.94. The lowest BCUT2D eigenvalue weighted by Crippen LogP contribution is -2.22. The summed E-state index contributed by atoms with van der Waals surface area (Å²) in [6.45, 7) is 7.36. The van der Waals surface area contributed by atoms with Gasteiger partial charge in [0.1, 0.15) is 0 Å². The van der Waals surface area contributed by atoms with E-state index in [-0.39, 0.29) is 6.04 Å². The second-order valence-electron chi connectivity index (χ2n) is 5.00. The predicted octanol–water partition coefficient (Wildman–Crippen LogP) is 5.87. The Morgan fingerprint density at radius 1 is 1.25 bits per heavy atom. The van der Waals surface area contributed by atoms with Gasteiger partial charge in [0.2, 0.25) is 0 Å². The molecular weight excluding hydrogens is 354 g/mol. The molecule has 0 saturated heterocycles. The van der Waals surface area contributed by atoms with E-state index >= 15 is 0 Å². The van der Waals surface area contributed by atoms with Crippen LogP contribution in [0.1, 0.15) is 41.0 Å². The van der Waals surface area contributed by atoms with E-state index in [4.69, 9.17) is 11.6 Å². The van der Waals surface area contributed by atoms with Crippen LogP contribution in [0.5, 0.6) is 0 Å². The van der Waals surface area contributed by atoms with E-state index in [1.807, 2.05) is 0 Å². The summed E-state index contributed by atoms with van der Waals surface area (Å²) in [5, 5.41) is 3.63. The maximum absolute atomic E-state index is 6.23. The Hall–Kier alpha value is -0.350. The van der Waals surface area contributed by atoms with Crippen molar-refractivity contribution < 1.29 is 0 Å². The summed E-state index contributed by atoms with van der Waals surface area (Å²) < 4.78 is 2.04. The molecule has 1 N–H and O–H groups in total. The van der Waals surface area contributed by atoms with Crippen LogP contribution in [0, 0.1) is 13.8 Å². The van der Waals surface area contributed by atoms with Crippen LogP contribution >= 0.6 is 38.9 Å². The number of benzene rings is 1. The number of nitrogens with one attached hydrogen (secondary N) is 1. The van der Waals surface area contributed by atoms with Crippen molar-refractivity contribution >= 4 is 38.9 Å². The topological polar surface area (TPSA) is 12.0 Å². The Morgan fingerprint density at radius 2 is 2.00 bits per heavy atom. The van der Waals surface area contributed by atoms with Crippen LogP contribution in [0.15, 0.2) is 28.7 Å². The highest BCUT2D eigenvalue weighted by Crippen LogP contribution is 2.35. The molecule has 0 amide bonds. The van der Waals surface area contributed by atoms with Gasteiger partial charge in [-0.3, -0.25) is 0 Å². The molecule has 0 spiro atoms. The first-order valence-corrected chi connectivity index (χ1v) is 8.77. The lowest BCUT2D eigenvalue weighted by Gasteiger charge is -2.18. The first-order valence-electron chi connectivity index (χ1n) is 6.78. The maximum Gasteiger partial charge on any atom is 0.0961 e. The number of thiophene rings is 1. The molecule has 0 bridgehead atoms. The molecule has 0 aliphatic rings. The zero-order valence-corrected chi connectivity index (χ0v) is 15.1. The average Bonchev–Trinajstić information content (AvgIpc) is 2.74. The van der Waals surface area contributed by atoms with Crippen molar-refractivity contribution in [3.8, 4) is 0 Å². The van der Waals surface area contributed by atoms with Crippen LogP contribution in [-0.4, -0.2) is 6.54 Å². The van der Waals surface area contributed by atoms with Crippen molar-refractivity contribution in [2.75, 3.05) is 6.54 Å². The van der Waals surface area contributed by atoms with Gasteiger partial charge in [-0.2, -0.15) is 0 Å². The first-order chi connectivity index (χ1) is 9.52. The van der Waals surface area contributed by atoms with Crippen molar-refractivity contribution in [3.05, 3.63) is 54.6 Å². The smallest absolute Gasteiger partial charge is 0.0961 e. The van der Waals surface area contributed by atoms with E-state index in [2.05, 4.69) is 66.3 Å². The predicted molar refractivity (Wildman–Crippen MR) is 93.1 cm³/mol. The molecule has 0 aliphatic heterocycles. The summed E-state index contributed by atoms with van der Waals surface area (Å²) in [7, 11) is 0. The van der Waals surface area contributed by atoms with Crippen LogP contribution in [0.25, 0.3) is 0 Å². The van der Waals surface area contributed by atoms with E-state index in [9.17, 15) is 0 Å². The summed E-state index contributed by atoms with van der Waals surface area (Å²) in [5.74, 6) is 0. The van der Waals surface area contributed by atoms with Crippen LogP contribution < -0.4 is 5.32 Å². The molecule has 108 valence electrons. The van der Waals surface area contributed by atoms with E-state index in [0.717, 1.165) is 27.3 Å². The summed E-state index contributed by atoms with van der Waals surface area (Å²) in [6.07, 6.45) is 1.12. The SMILES string of the molecule is CCCNC(c1ccc(Br)c(C)c1)c1cc(C)c(Cl)s1. The molecular formula is C16H19BrClNS. The second-order valence-corrected chi connectivity index (χ2v) is 7.54. The molecule has 1 heterocycles. The number of hydrogen-bond acceptors (Lipinski definition) is 2. The molecule has 0 radical (unpaired) electrons. The van der Waals surface area contributed by atoms with Crippen molar-refractivity contribution in [3.63, 3.8) is 0 Å². The van der Waals surface area contributed by atoms with Crippen LogP contribution in [0.4, 0.5) is 0 Å². The lowest BCUT2D eigenvalue weighted by atomic mass is 10.0. The van der Waals surface area contributed by atoms with Crippen LogP contribution in [0.3, 0.4) is 0 Å². The normalized spacial score (nSPS) is 12.7. The Morgan fingerprint density at radius 3 is 2.55 bits per heavy atom. The van der Waals surface area contributed by atoms with Crippen LogP contribution in [0.2, 0.25) is 4.34 Å². The van der Waals surface area contributed by atoms with Crippen molar-refractivity contribution in [1.29, 1.82) is 0 Å². The highest BCUT2D eigenvalue weighted by Gasteiger charge is 2.17. The molecule has 20 heavy (non-hydrogen) atoms. The quantitative estimate of drug-likeness (QED) is 0.692. The number of aryl methyl sites for hydroxylation is 2. The lowest BCUT2D eigenvalue weighted by molar-refractivity contribution is 0.605. The third-order valence-corrected chi connectivity index (χ3v) is 5.78. The molecule has 1 aromatic heterocycles. The van der Waals surface area contributed by atoms with E-state index in [0.29, 0.717) is 0 Å². The molecule has 2 aromatic rings. The van der Waals surface area contributed by atoms with Gasteiger partial charge in [0, 0.05) is 9.35 Å². The standard InChI is InChI=1S/C16H19BrClNS/c1-4-7-19-15(14-9-11(3)16(18)20-14)12-5-6-13(17)10(2)8-12/h5-6,8-9,15,19H,4,7H2,1-3H3. The zero-order chi connectivity index (χ0) is 14.7. The molecule has 2 rings (SSSR count). The van der Waals surface area contributed by atoms with Gasteiger partial charge in [0.05, 0.1) is 10.4 Å². The molecule has 0 fully saturated rings. The molecule has 1 aromatic carbocycles. The summed E-state index contributed by atoms with van der Waals surface area (Å²) >= 11 is 11.5. The van der Waals surface area contributed by atoms with Gasteiger partial charge in [0.25, 0.3) is 0 Å². The molecule has 1 nitrogen and oxygen atoms in total. The fourth-order valence-corrected chi connectivity index (χ4v) is 3.71. The Labute approximate surface area is 138 Å². The van der Waals surface area contributed by atoms with Gasteiger partial charge in [-0.1, -0.05) is 46.6 Å². The van der Waals surface area contributed by atoms with Crippen molar-refractivity contribution in [1.82, 2.24) is 5.32 Å². The average molecular weight is 373 g/mol. The van der Waals surface area contributed by atoms with Gasteiger partial charge in [0.15, 0.2) is 0 Å².